The van der Waals surface area contributed by atoms with Gasteiger partial charge in [-0.3, -0.25) is 0 Å². The first-order chi connectivity index (χ1) is 7.38. The van der Waals surface area contributed by atoms with Crippen LogP contribution in [-0.4, -0.2) is 22.6 Å². The van der Waals surface area contributed by atoms with Crippen molar-refractivity contribution in [2.24, 2.45) is 0 Å². The summed E-state index contributed by atoms with van der Waals surface area (Å²) in [5, 5.41) is 3.17. The van der Waals surface area contributed by atoms with Crippen LogP contribution in [0.4, 0.5) is 0 Å². The van der Waals surface area contributed by atoms with Crippen molar-refractivity contribution in [1.82, 2.24) is 14.9 Å². The molecule has 15 heavy (non-hydrogen) atoms. The summed E-state index contributed by atoms with van der Waals surface area (Å²) in [6, 6.07) is 0. The van der Waals surface area contributed by atoms with Crippen LogP contribution in [-0.2, 0) is 13.0 Å². The molecule has 0 aromatic carbocycles. The van der Waals surface area contributed by atoms with Gasteiger partial charge in [-0.2, -0.15) is 0 Å². The minimum Gasteiger partial charge on any atom is -0.334 e. The maximum Gasteiger partial charge on any atom is 0.120 e. The van der Waals surface area contributed by atoms with E-state index < -0.39 is 0 Å². The lowest BCUT2D eigenvalue weighted by atomic mass is 10.3. The third-order valence-electron chi connectivity index (χ3n) is 2.10. The lowest BCUT2D eigenvalue weighted by Gasteiger charge is -2.02. The van der Waals surface area contributed by atoms with Gasteiger partial charge in [-0.05, 0) is 13.0 Å². The van der Waals surface area contributed by atoms with Gasteiger partial charge in [-0.25, -0.2) is 4.98 Å². The smallest absolute Gasteiger partial charge is 0.120 e. The number of hydrogen-bond acceptors (Lipinski definition) is 2. The van der Waals surface area contributed by atoms with Crippen LogP contribution >= 0.6 is 0 Å². The molecule has 0 saturated heterocycles. The standard InChI is InChI=1S/C12H19N3/c1-3-10-15-11-9-14-12(15)7-5-6-8-13-4-2/h9,11,13H,3-4,7-8,10H2,1-2H3. The maximum atomic E-state index is 4.29. The zero-order valence-electron chi connectivity index (χ0n) is 9.58. The Labute approximate surface area is 91.9 Å². The van der Waals surface area contributed by atoms with Crippen LogP contribution in [0.2, 0.25) is 0 Å². The highest BCUT2D eigenvalue weighted by molar-refractivity contribution is 5.09. The van der Waals surface area contributed by atoms with Gasteiger partial charge in [0.2, 0.25) is 0 Å². The van der Waals surface area contributed by atoms with E-state index in [1.54, 1.807) is 0 Å². The van der Waals surface area contributed by atoms with Crippen molar-refractivity contribution in [2.45, 2.75) is 33.2 Å². The van der Waals surface area contributed by atoms with Crippen LogP contribution in [0.1, 0.15) is 26.1 Å². The van der Waals surface area contributed by atoms with E-state index in [1.807, 2.05) is 12.4 Å². The molecular formula is C12H19N3. The Morgan fingerprint density at radius 3 is 3.00 bits per heavy atom. The maximum absolute atomic E-state index is 4.29. The molecule has 0 unspecified atom stereocenters. The van der Waals surface area contributed by atoms with Gasteiger partial charge in [-0.15, -0.1) is 0 Å². The summed E-state index contributed by atoms with van der Waals surface area (Å²) in [6.45, 7) is 7.02. The van der Waals surface area contributed by atoms with Crippen LogP contribution in [0.5, 0.6) is 0 Å². The second-order valence-electron chi connectivity index (χ2n) is 3.35. The van der Waals surface area contributed by atoms with Gasteiger partial charge in [0.05, 0.1) is 13.0 Å². The Kier molecular flexibility index (Phi) is 5.57. The first kappa shape index (κ1) is 11.8. The molecule has 3 heteroatoms. The van der Waals surface area contributed by atoms with Crippen molar-refractivity contribution >= 4 is 0 Å². The molecule has 0 saturated carbocycles. The number of hydrogen-bond donors (Lipinski definition) is 1. The van der Waals surface area contributed by atoms with E-state index >= 15 is 0 Å². The Balaban J connectivity index is 2.41. The second kappa shape index (κ2) is 7.08. The average Bonchev–Trinajstić information content (AvgIpc) is 2.66. The molecule has 1 rings (SSSR count). The summed E-state index contributed by atoms with van der Waals surface area (Å²) in [5.74, 6) is 7.28. The van der Waals surface area contributed by atoms with Gasteiger partial charge < -0.3 is 9.88 Å². The summed E-state index contributed by atoms with van der Waals surface area (Å²) in [7, 11) is 0. The number of imidazole rings is 1. The Morgan fingerprint density at radius 2 is 2.27 bits per heavy atom. The first-order valence-corrected chi connectivity index (χ1v) is 5.55. The minimum absolute atomic E-state index is 0.748. The van der Waals surface area contributed by atoms with Gasteiger partial charge in [0.25, 0.3) is 0 Å². The molecule has 0 aliphatic heterocycles. The Hall–Kier alpha value is -1.27. The largest absolute Gasteiger partial charge is 0.334 e. The third-order valence-corrected chi connectivity index (χ3v) is 2.10. The van der Waals surface area contributed by atoms with E-state index in [0.29, 0.717) is 0 Å². The van der Waals surface area contributed by atoms with Gasteiger partial charge in [0.1, 0.15) is 5.82 Å². The molecule has 1 N–H and O–H groups in total. The predicted molar refractivity (Wildman–Crippen MR) is 62.5 cm³/mol. The van der Waals surface area contributed by atoms with Crippen molar-refractivity contribution in [3.63, 3.8) is 0 Å². The number of rotatable bonds is 5. The Bertz CT molecular complexity index is 330. The summed E-state index contributed by atoms with van der Waals surface area (Å²) in [5.41, 5.74) is 0. The van der Waals surface area contributed by atoms with E-state index in [-0.39, 0.29) is 0 Å². The molecule has 82 valence electrons. The van der Waals surface area contributed by atoms with Gasteiger partial charge >= 0.3 is 0 Å². The van der Waals surface area contributed by atoms with Crippen LogP contribution in [0.3, 0.4) is 0 Å². The Morgan fingerprint density at radius 1 is 1.40 bits per heavy atom. The summed E-state index contributed by atoms with van der Waals surface area (Å²) in [6.07, 6.45) is 5.74. The molecule has 1 aromatic rings. The van der Waals surface area contributed by atoms with Crippen LogP contribution in [0.25, 0.3) is 0 Å². The SMILES string of the molecule is CCCn1ccnc1CC#CCNCC. The third kappa shape index (κ3) is 4.18. The van der Waals surface area contributed by atoms with Crippen LogP contribution in [0.15, 0.2) is 12.4 Å². The molecule has 3 nitrogen and oxygen atoms in total. The van der Waals surface area contributed by atoms with Crippen molar-refractivity contribution in [1.29, 1.82) is 0 Å². The predicted octanol–water partition coefficient (Wildman–Crippen LogP) is 1.45. The highest BCUT2D eigenvalue weighted by Crippen LogP contribution is 1.99. The van der Waals surface area contributed by atoms with Crippen LogP contribution in [0, 0.1) is 11.8 Å². The van der Waals surface area contributed by atoms with E-state index in [9.17, 15) is 0 Å². The zero-order valence-corrected chi connectivity index (χ0v) is 9.58. The molecule has 0 aliphatic rings. The fraction of sp³-hybridized carbons (Fsp3) is 0.583. The van der Waals surface area contributed by atoms with E-state index in [0.717, 1.165) is 38.3 Å². The lowest BCUT2D eigenvalue weighted by molar-refractivity contribution is 0.650. The van der Waals surface area contributed by atoms with Crippen molar-refractivity contribution in [2.75, 3.05) is 13.1 Å². The molecule has 1 aromatic heterocycles. The summed E-state index contributed by atoms with van der Waals surface area (Å²) >= 11 is 0. The molecule has 0 fully saturated rings. The highest BCUT2D eigenvalue weighted by atomic mass is 15.1. The van der Waals surface area contributed by atoms with E-state index in [4.69, 9.17) is 0 Å². The van der Waals surface area contributed by atoms with E-state index in [1.165, 1.54) is 0 Å². The minimum atomic E-state index is 0.748. The summed E-state index contributed by atoms with van der Waals surface area (Å²) < 4.78 is 2.17. The fourth-order valence-corrected chi connectivity index (χ4v) is 1.34. The normalized spacial score (nSPS) is 9.73. The zero-order chi connectivity index (χ0) is 10.9. The average molecular weight is 205 g/mol. The lowest BCUT2D eigenvalue weighted by Crippen LogP contribution is -2.12. The second-order valence-corrected chi connectivity index (χ2v) is 3.35. The molecule has 0 amide bonds. The van der Waals surface area contributed by atoms with Gasteiger partial charge in [0.15, 0.2) is 0 Å². The quantitative estimate of drug-likeness (QED) is 0.582. The van der Waals surface area contributed by atoms with E-state index in [2.05, 4.69) is 40.6 Å². The number of aromatic nitrogens is 2. The van der Waals surface area contributed by atoms with Crippen molar-refractivity contribution in [3.05, 3.63) is 18.2 Å². The summed E-state index contributed by atoms with van der Waals surface area (Å²) in [4.78, 5) is 4.29. The fourth-order valence-electron chi connectivity index (χ4n) is 1.34. The highest BCUT2D eigenvalue weighted by Gasteiger charge is 1.98. The van der Waals surface area contributed by atoms with Gasteiger partial charge in [0, 0.05) is 18.9 Å². The van der Waals surface area contributed by atoms with Crippen molar-refractivity contribution in [3.8, 4) is 11.8 Å². The topological polar surface area (TPSA) is 29.9 Å². The molecular weight excluding hydrogens is 186 g/mol. The molecule has 0 radical (unpaired) electrons. The number of nitrogens with one attached hydrogen (secondary N) is 1. The molecule has 0 bridgehead atoms. The molecule has 1 heterocycles. The molecule has 0 aliphatic carbocycles. The van der Waals surface area contributed by atoms with Crippen molar-refractivity contribution < 1.29 is 0 Å². The number of aryl methyl sites for hydroxylation is 1. The number of nitrogens with zero attached hydrogens (tertiary/aromatic N) is 2. The molecule has 0 spiro atoms. The van der Waals surface area contributed by atoms with Gasteiger partial charge in [-0.1, -0.05) is 25.7 Å². The monoisotopic (exact) mass is 205 g/mol. The molecule has 0 atom stereocenters. The first-order valence-electron chi connectivity index (χ1n) is 5.55. The van der Waals surface area contributed by atoms with Crippen LogP contribution < -0.4 is 5.32 Å².